The number of phenolic OH excluding ortho intramolecular Hbond substituents is 1. The SMILES string of the molecule is CCCCC12CCC(=O)C(C)=C1c1ccc(O)c(Cl)c1C2. The number of halogens is 1. The Morgan fingerprint density at radius 3 is 2.86 bits per heavy atom. The van der Waals surface area contributed by atoms with Crippen molar-refractivity contribution in [1.29, 1.82) is 0 Å². The lowest BCUT2D eigenvalue weighted by atomic mass is 9.67. The third-order valence-corrected chi connectivity index (χ3v) is 5.59. The molecule has 0 spiro atoms. The Morgan fingerprint density at radius 2 is 2.14 bits per heavy atom. The second kappa shape index (κ2) is 5.17. The van der Waals surface area contributed by atoms with Crippen molar-refractivity contribution in [1.82, 2.24) is 0 Å². The first kappa shape index (κ1) is 14.6. The summed E-state index contributed by atoms with van der Waals surface area (Å²) in [5.41, 5.74) is 4.26. The van der Waals surface area contributed by atoms with Gasteiger partial charge < -0.3 is 5.11 Å². The summed E-state index contributed by atoms with van der Waals surface area (Å²) in [5.74, 6) is 0.401. The number of Topliss-reactive ketones (excluding diaryl/α,β-unsaturated/α-hetero) is 1. The molecular weight excluding hydrogens is 284 g/mol. The van der Waals surface area contributed by atoms with Crippen molar-refractivity contribution in [3.05, 3.63) is 33.9 Å². The Kier molecular flexibility index (Phi) is 3.61. The molecule has 0 heterocycles. The van der Waals surface area contributed by atoms with Gasteiger partial charge in [0.1, 0.15) is 5.75 Å². The summed E-state index contributed by atoms with van der Waals surface area (Å²) in [5, 5.41) is 10.3. The van der Waals surface area contributed by atoms with Gasteiger partial charge in [-0.3, -0.25) is 4.79 Å². The second-order valence-corrected chi connectivity index (χ2v) is 6.79. The summed E-state index contributed by atoms with van der Waals surface area (Å²) in [4.78, 5) is 12.2. The monoisotopic (exact) mass is 304 g/mol. The topological polar surface area (TPSA) is 37.3 Å². The van der Waals surface area contributed by atoms with Gasteiger partial charge in [-0.2, -0.15) is 0 Å². The molecular formula is C18H21ClO2. The summed E-state index contributed by atoms with van der Waals surface area (Å²) in [6.45, 7) is 4.15. The van der Waals surface area contributed by atoms with Crippen LogP contribution in [0.25, 0.3) is 5.57 Å². The van der Waals surface area contributed by atoms with E-state index >= 15 is 0 Å². The maximum Gasteiger partial charge on any atom is 0.158 e. The molecule has 112 valence electrons. The summed E-state index contributed by atoms with van der Waals surface area (Å²) in [7, 11) is 0. The molecule has 0 radical (unpaired) electrons. The Morgan fingerprint density at radius 1 is 1.38 bits per heavy atom. The average Bonchev–Trinajstić information content (AvgIpc) is 2.81. The third kappa shape index (κ3) is 2.12. The largest absolute Gasteiger partial charge is 0.506 e. The summed E-state index contributed by atoms with van der Waals surface area (Å²) in [6, 6.07) is 3.58. The van der Waals surface area contributed by atoms with E-state index in [4.69, 9.17) is 11.6 Å². The minimum Gasteiger partial charge on any atom is -0.506 e. The van der Waals surface area contributed by atoms with E-state index in [2.05, 4.69) is 6.92 Å². The van der Waals surface area contributed by atoms with E-state index in [1.54, 1.807) is 6.07 Å². The molecule has 2 aliphatic rings. The van der Waals surface area contributed by atoms with E-state index in [0.717, 1.165) is 48.8 Å². The number of aromatic hydroxyl groups is 1. The fraction of sp³-hybridized carbons (Fsp3) is 0.500. The second-order valence-electron chi connectivity index (χ2n) is 6.41. The fourth-order valence-corrected chi connectivity index (χ4v) is 4.31. The summed E-state index contributed by atoms with van der Waals surface area (Å²) < 4.78 is 0. The van der Waals surface area contributed by atoms with Crippen molar-refractivity contribution >= 4 is 23.0 Å². The van der Waals surface area contributed by atoms with E-state index in [1.165, 1.54) is 5.57 Å². The van der Waals surface area contributed by atoms with Gasteiger partial charge in [0, 0.05) is 11.8 Å². The van der Waals surface area contributed by atoms with Crippen LogP contribution in [0.2, 0.25) is 5.02 Å². The lowest BCUT2D eigenvalue weighted by Gasteiger charge is -2.36. The average molecular weight is 305 g/mol. The van der Waals surface area contributed by atoms with Gasteiger partial charge in [0.2, 0.25) is 0 Å². The van der Waals surface area contributed by atoms with Crippen LogP contribution in [0.5, 0.6) is 5.75 Å². The maximum atomic E-state index is 12.2. The predicted molar refractivity (Wildman–Crippen MR) is 85.6 cm³/mol. The Labute approximate surface area is 130 Å². The van der Waals surface area contributed by atoms with Crippen LogP contribution in [0.4, 0.5) is 0 Å². The Hall–Kier alpha value is -1.28. The number of hydrogen-bond acceptors (Lipinski definition) is 2. The number of benzene rings is 1. The number of unbranched alkanes of at least 4 members (excludes halogenated alkanes) is 1. The molecule has 0 saturated carbocycles. The standard InChI is InChI=1S/C18H21ClO2/c1-3-4-8-18-9-7-14(20)11(2)16(18)12-5-6-15(21)17(19)13(12)10-18/h5-6,21H,3-4,7-10H2,1-2H3. The molecule has 1 N–H and O–H groups in total. The van der Waals surface area contributed by atoms with Crippen LogP contribution in [0.15, 0.2) is 17.7 Å². The van der Waals surface area contributed by atoms with Crippen LogP contribution in [0.3, 0.4) is 0 Å². The van der Waals surface area contributed by atoms with Crippen molar-refractivity contribution in [3.63, 3.8) is 0 Å². The van der Waals surface area contributed by atoms with Crippen LogP contribution < -0.4 is 0 Å². The normalized spacial score (nSPS) is 24.2. The van der Waals surface area contributed by atoms with Gasteiger partial charge in [-0.25, -0.2) is 0 Å². The highest BCUT2D eigenvalue weighted by Gasteiger charge is 2.46. The molecule has 1 aromatic rings. The zero-order valence-corrected chi connectivity index (χ0v) is 13.4. The number of rotatable bonds is 3. The molecule has 1 unspecified atom stereocenters. The van der Waals surface area contributed by atoms with Gasteiger partial charge in [0.25, 0.3) is 0 Å². The highest BCUT2D eigenvalue weighted by atomic mass is 35.5. The number of phenols is 1. The maximum absolute atomic E-state index is 12.2. The van der Waals surface area contributed by atoms with E-state index < -0.39 is 0 Å². The number of carbonyl (C=O) groups is 1. The van der Waals surface area contributed by atoms with Crippen LogP contribution in [-0.2, 0) is 11.2 Å². The zero-order valence-electron chi connectivity index (χ0n) is 12.6. The van der Waals surface area contributed by atoms with Crippen LogP contribution in [-0.4, -0.2) is 10.9 Å². The van der Waals surface area contributed by atoms with Gasteiger partial charge in [0.05, 0.1) is 5.02 Å². The van der Waals surface area contributed by atoms with Crippen molar-refractivity contribution in [2.24, 2.45) is 5.41 Å². The summed E-state index contributed by atoms with van der Waals surface area (Å²) >= 11 is 6.33. The van der Waals surface area contributed by atoms with E-state index in [0.29, 0.717) is 11.4 Å². The number of fused-ring (bicyclic) bond motifs is 3. The molecule has 0 saturated heterocycles. The molecule has 1 atom stereocenters. The van der Waals surface area contributed by atoms with Gasteiger partial charge >= 0.3 is 0 Å². The first-order chi connectivity index (χ1) is 10.00. The van der Waals surface area contributed by atoms with Gasteiger partial charge in [-0.1, -0.05) is 37.4 Å². The number of allylic oxidation sites excluding steroid dienone is 2. The predicted octanol–water partition coefficient (Wildman–Crippen LogP) is 4.91. The van der Waals surface area contributed by atoms with Crippen LogP contribution in [0.1, 0.15) is 57.1 Å². The minimum atomic E-state index is 0.0494. The minimum absolute atomic E-state index is 0.0494. The molecule has 0 aromatic heterocycles. The highest BCUT2D eigenvalue weighted by Crippen LogP contribution is 2.58. The van der Waals surface area contributed by atoms with Crippen molar-refractivity contribution in [2.45, 2.75) is 52.4 Å². The molecule has 21 heavy (non-hydrogen) atoms. The van der Waals surface area contributed by atoms with E-state index in [1.807, 2.05) is 13.0 Å². The van der Waals surface area contributed by atoms with Crippen LogP contribution in [0, 0.1) is 5.41 Å². The quantitative estimate of drug-likeness (QED) is 0.861. The molecule has 3 rings (SSSR count). The number of ketones is 1. The molecule has 1 aromatic carbocycles. The number of hydrogen-bond donors (Lipinski definition) is 1. The zero-order chi connectivity index (χ0) is 15.2. The molecule has 3 heteroatoms. The van der Waals surface area contributed by atoms with E-state index in [9.17, 15) is 9.90 Å². The van der Waals surface area contributed by atoms with Crippen molar-refractivity contribution in [3.8, 4) is 5.75 Å². The van der Waals surface area contributed by atoms with Crippen molar-refractivity contribution in [2.75, 3.05) is 0 Å². The third-order valence-electron chi connectivity index (χ3n) is 5.17. The first-order valence-corrected chi connectivity index (χ1v) is 8.13. The van der Waals surface area contributed by atoms with E-state index in [-0.39, 0.29) is 16.9 Å². The molecule has 0 bridgehead atoms. The Bertz CT molecular complexity index is 645. The molecule has 0 amide bonds. The van der Waals surface area contributed by atoms with Gasteiger partial charge in [-0.15, -0.1) is 0 Å². The number of carbonyl (C=O) groups excluding carboxylic acids is 1. The molecule has 2 nitrogen and oxygen atoms in total. The van der Waals surface area contributed by atoms with Crippen LogP contribution >= 0.6 is 11.6 Å². The van der Waals surface area contributed by atoms with Gasteiger partial charge in [0.15, 0.2) is 5.78 Å². The first-order valence-electron chi connectivity index (χ1n) is 7.75. The summed E-state index contributed by atoms with van der Waals surface area (Å²) in [6.07, 6.45) is 5.80. The molecule has 2 aliphatic carbocycles. The highest BCUT2D eigenvalue weighted by molar-refractivity contribution is 6.33. The molecule has 0 aliphatic heterocycles. The Balaban J connectivity index is 2.19. The lowest BCUT2D eigenvalue weighted by Crippen LogP contribution is -2.28. The lowest BCUT2D eigenvalue weighted by molar-refractivity contribution is -0.116. The smallest absolute Gasteiger partial charge is 0.158 e. The fourth-order valence-electron chi connectivity index (χ4n) is 4.07. The van der Waals surface area contributed by atoms with Gasteiger partial charge in [-0.05, 0) is 54.5 Å². The molecule has 0 fully saturated rings. The van der Waals surface area contributed by atoms with Crippen molar-refractivity contribution < 1.29 is 9.90 Å².